The fourth-order valence-electron chi connectivity index (χ4n) is 3.15. The van der Waals surface area contributed by atoms with Crippen LogP contribution in [0.5, 0.6) is 0 Å². The molecule has 146 valence electrons. The minimum Gasteiger partial charge on any atom is -0.478 e. The Morgan fingerprint density at radius 1 is 1.18 bits per heavy atom. The van der Waals surface area contributed by atoms with Crippen molar-refractivity contribution in [3.8, 4) is 0 Å². The van der Waals surface area contributed by atoms with Crippen LogP contribution in [0.3, 0.4) is 0 Å². The molecule has 2 heterocycles. The first-order valence-corrected chi connectivity index (χ1v) is 9.08. The van der Waals surface area contributed by atoms with Crippen LogP contribution >= 0.6 is 11.6 Å². The second kappa shape index (κ2) is 8.26. The summed E-state index contributed by atoms with van der Waals surface area (Å²) in [7, 11) is 0. The van der Waals surface area contributed by atoms with Gasteiger partial charge in [0, 0.05) is 19.0 Å². The lowest BCUT2D eigenvalue weighted by Crippen LogP contribution is -2.39. The molecule has 0 atom stereocenters. The summed E-state index contributed by atoms with van der Waals surface area (Å²) in [5.74, 6) is -1.87. The summed E-state index contributed by atoms with van der Waals surface area (Å²) in [6.45, 7) is 0.957. The summed E-state index contributed by atoms with van der Waals surface area (Å²) in [5.41, 5.74) is 5.83. The topological polar surface area (TPSA) is 126 Å². The van der Waals surface area contributed by atoms with Gasteiger partial charge in [-0.05, 0) is 31.0 Å². The van der Waals surface area contributed by atoms with Crippen molar-refractivity contribution in [2.75, 3.05) is 23.3 Å². The lowest BCUT2D eigenvalue weighted by atomic mass is 9.96. The maximum absolute atomic E-state index is 12.4. The predicted octanol–water partition coefficient (Wildman–Crippen LogP) is 2.39. The molecule has 4 N–H and O–H groups in total. The van der Waals surface area contributed by atoms with Crippen LogP contribution in [0.25, 0.3) is 0 Å². The highest BCUT2D eigenvalue weighted by Crippen LogP contribution is 2.27. The number of rotatable bonds is 5. The first kappa shape index (κ1) is 19.6. The minimum atomic E-state index is -1.16. The minimum absolute atomic E-state index is 0.0329. The van der Waals surface area contributed by atoms with Crippen molar-refractivity contribution in [2.45, 2.75) is 12.8 Å². The first-order chi connectivity index (χ1) is 13.4. The van der Waals surface area contributed by atoms with Crippen LogP contribution in [-0.4, -0.2) is 41.0 Å². The molecule has 0 aliphatic carbocycles. The zero-order valence-electron chi connectivity index (χ0n) is 14.9. The molecular weight excluding hydrogens is 384 g/mol. The van der Waals surface area contributed by atoms with Crippen molar-refractivity contribution in [1.29, 1.82) is 0 Å². The Morgan fingerprint density at radius 2 is 1.86 bits per heavy atom. The highest BCUT2D eigenvalue weighted by Gasteiger charge is 2.27. The number of hydrogen-bond acceptors (Lipinski definition) is 5. The van der Waals surface area contributed by atoms with E-state index in [1.807, 2.05) is 4.90 Å². The van der Waals surface area contributed by atoms with Crippen molar-refractivity contribution in [2.24, 2.45) is 11.7 Å². The molecule has 1 aliphatic heterocycles. The zero-order valence-corrected chi connectivity index (χ0v) is 15.6. The van der Waals surface area contributed by atoms with Crippen LogP contribution in [0.15, 0.2) is 36.5 Å². The number of hydrogen-bond donors (Lipinski definition) is 3. The van der Waals surface area contributed by atoms with Crippen LogP contribution in [0.2, 0.25) is 5.02 Å². The van der Waals surface area contributed by atoms with Crippen LogP contribution in [0.1, 0.15) is 33.6 Å². The number of amides is 2. The fraction of sp³-hybridized carbons (Fsp3) is 0.263. The van der Waals surface area contributed by atoms with E-state index in [2.05, 4.69) is 10.3 Å². The Labute approximate surface area is 166 Å². The molecule has 28 heavy (non-hydrogen) atoms. The van der Waals surface area contributed by atoms with Gasteiger partial charge in [-0.3, -0.25) is 9.59 Å². The second-order valence-electron chi connectivity index (χ2n) is 6.50. The predicted molar refractivity (Wildman–Crippen MR) is 105 cm³/mol. The number of nitrogens with zero attached hydrogens (tertiary/aromatic N) is 2. The number of anilines is 2. The second-order valence-corrected chi connectivity index (χ2v) is 6.91. The number of carboxylic acids is 1. The molecule has 1 aromatic heterocycles. The van der Waals surface area contributed by atoms with Crippen LogP contribution in [0, 0.1) is 5.92 Å². The highest BCUT2D eigenvalue weighted by atomic mass is 35.5. The molecular formula is C19H19ClN4O4. The van der Waals surface area contributed by atoms with Gasteiger partial charge in [0.25, 0.3) is 5.91 Å². The number of halogens is 1. The number of primary amides is 1. The molecule has 9 heteroatoms. The molecule has 0 unspecified atom stereocenters. The van der Waals surface area contributed by atoms with E-state index in [-0.39, 0.29) is 28.6 Å². The number of carbonyl (C=O) groups excluding carboxylic acids is 2. The van der Waals surface area contributed by atoms with Crippen molar-refractivity contribution in [3.05, 3.63) is 52.7 Å². The van der Waals surface area contributed by atoms with E-state index in [0.717, 1.165) is 0 Å². The molecule has 1 aromatic carbocycles. The summed E-state index contributed by atoms with van der Waals surface area (Å²) < 4.78 is 0. The summed E-state index contributed by atoms with van der Waals surface area (Å²) >= 11 is 6.02. The normalized spacial score (nSPS) is 14.5. The number of aromatic nitrogens is 1. The molecule has 1 saturated heterocycles. The van der Waals surface area contributed by atoms with Gasteiger partial charge in [0.05, 0.1) is 22.5 Å². The third kappa shape index (κ3) is 4.23. The molecule has 2 aromatic rings. The Balaban J connectivity index is 1.80. The fourth-order valence-corrected chi connectivity index (χ4v) is 3.38. The average molecular weight is 403 g/mol. The van der Waals surface area contributed by atoms with Gasteiger partial charge in [0.1, 0.15) is 11.4 Å². The monoisotopic (exact) mass is 402 g/mol. The molecule has 0 spiro atoms. The van der Waals surface area contributed by atoms with Gasteiger partial charge < -0.3 is 21.1 Å². The van der Waals surface area contributed by atoms with Crippen molar-refractivity contribution >= 4 is 40.9 Å². The van der Waals surface area contributed by atoms with Crippen LogP contribution < -0.4 is 16.0 Å². The number of nitrogens with one attached hydrogen (secondary N) is 1. The van der Waals surface area contributed by atoms with E-state index in [9.17, 15) is 19.5 Å². The zero-order chi connectivity index (χ0) is 20.3. The van der Waals surface area contributed by atoms with Crippen LogP contribution in [0.4, 0.5) is 11.5 Å². The number of carboxylic acid groups (broad SMARTS) is 1. The van der Waals surface area contributed by atoms with Gasteiger partial charge in [-0.15, -0.1) is 0 Å². The smallest absolute Gasteiger partial charge is 0.339 e. The summed E-state index contributed by atoms with van der Waals surface area (Å²) in [5, 5.41) is 12.5. The van der Waals surface area contributed by atoms with E-state index in [0.29, 0.717) is 36.8 Å². The Morgan fingerprint density at radius 3 is 2.46 bits per heavy atom. The van der Waals surface area contributed by atoms with Gasteiger partial charge in [0.15, 0.2) is 0 Å². The maximum Gasteiger partial charge on any atom is 0.339 e. The molecule has 1 aliphatic rings. The van der Waals surface area contributed by atoms with E-state index >= 15 is 0 Å². The molecule has 0 bridgehead atoms. The molecule has 3 rings (SSSR count). The SMILES string of the molecule is NC(=O)C1CCN(c2ncc(NC(=O)c3ccccc3Cl)cc2C(=O)O)CC1. The molecule has 0 saturated carbocycles. The highest BCUT2D eigenvalue weighted by molar-refractivity contribution is 6.34. The number of benzene rings is 1. The average Bonchev–Trinajstić information content (AvgIpc) is 2.68. The van der Waals surface area contributed by atoms with E-state index < -0.39 is 11.9 Å². The molecule has 2 amide bonds. The third-order valence-corrected chi connectivity index (χ3v) is 5.00. The van der Waals surface area contributed by atoms with Gasteiger partial charge in [-0.2, -0.15) is 0 Å². The van der Waals surface area contributed by atoms with Gasteiger partial charge in [-0.1, -0.05) is 23.7 Å². The molecule has 0 radical (unpaired) electrons. The van der Waals surface area contributed by atoms with Crippen LogP contribution in [-0.2, 0) is 4.79 Å². The number of aromatic carboxylic acids is 1. The van der Waals surface area contributed by atoms with Crippen molar-refractivity contribution in [3.63, 3.8) is 0 Å². The summed E-state index contributed by atoms with van der Waals surface area (Å²) in [6.07, 6.45) is 2.48. The lowest BCUT2D eigenvalue weighted by molar-refractivity contribution is -0.122. The standard InChI is InChI=1S/C19H19ClN4O4/c20-15-4-2-1-3-13(15)18(26)23-12-9-14(19(27)28)17(22-10-12)24-7-5-11(6-8-24)16(21)25/h1-4,9-11H,5-8H2,(H2,21,25)(H,23,26)(H,27,28). The Kier molecular flexibility index (Phi) is 5.79. The lowest BCUT2D eigenvalue weighted by Gasteiger charge is -2.32. The van der Waals surface area contributed by atoms with E-state index in [1.54, 1.807) is 24.3 Å². The summed E-state index contributed by atoms with van der Waals surface area (Å²) in [4.78, 5) is 41.5. The number of carbonyl (C=O) groups is 3. The third-order valence-electron chi connectivity index (χ3n) is 4.67. The molecule has 1 fully saturated rings. The van der Waals surface area contributed by atoms with Gasteiger partial charge >= 0.3 is 5.97 Å². The largest absolute Gasteiger partial charge is 0.478 e. The van der Waals surface area contributed by atoms with Gasteiger partial charge in [0.2, 0.25) is 5.91 Å². The number of piperidine rings is 1. The molecule has 8 nitrogen and oxygen atoms in total. The maximum atomic E-state index is 12.4. The first-order valence-electron chi connectivity index (χ1n) is 8.70. The van der Waals surface area contributed by atoms with Crippen molar-refractivity contribution < 1.29 is 19.5 Å². The summed E-state index contributed by atoms with van der Waals surface area (Å²) in [6, 6.07) is 7.91. The number of nitrogens with two attached hydrogens (primary N) is 1. The van der Waals surface area contributed by atoms with E-state index in [4.69, 9.17) is 17.3 Å². The Hall–Kier alpha value is -3.13. The van der Waals surface area contributed by atoms with E-state index in [1.165, 1.54) is 12.3 Å². The van der Waals surface area contributed by atoms with Crippen molar-refractivity contribution in [1.82, 2.24) is 4.98 Å². The van der Waals surface area contributed by atoms with Gasteiger partial charge in [-0.25, -0.2) is 9.78 Å². The Bertz CT molecular complexity index is 926. The quantitative estimate of drug-likeness (QED) is 0.705. The number of pyridine rings is 1.